The van der Waals surface area contributed by atoms with E-state index in [1.807, 2.05) is 26.0 Å². The molecule has 94 valence electrons. The molecular weight excluding hydrogens is 260 g/mol. The molecule has 1 nitrogen and oxygen atoms in total. The monoisotopic (exact) mass is 276 g/mol. The first-order chi connectivity index (χ1) is 8.47. The second-order valence-corrected chi connectivity index (χ2v) is 7.31. The summed E-state index contributed by atoms with van der Waals surface area (Å²) in [4.78, 5) is 16.9. The fourth-order valence-corrected chi connectivity index (χ4v) is 3.79. The van der Waals surface area contributed by atoms with Crippen molar-refractivity contribution in [3.05, 3.63) is 48.8 Å². The van der Waals surface area contributed by atoms with Gasteiger partial charge in [-0.2, -0.15) is 0 Å². The summed E-state index contributed by atoms with van der Waals surface area (Å²) in [6, 6.07) is 4.09. The number of thiophene rings is 2. The van der Waals surface area contributed by atoms with Gasteiger partial charge in [0, 0.05) is 25.1 Å². The average Bonchev–Trinajstić information content (AvgIpc) is 2.78. The summed E-state index contributed by atoms with van der Waals surface area (Å²) in [7, 11) is 0. The maximum absolute atomic E-state index is 12.1. The Kier molecular flexibility index (Phi) is 3.83. The van der Waals surface area contributed by atoms with Crippen LogP contribution in [0.25, 0.3) is 6.08 Å². The highest BCUT2D eigenvalue weighted by Crippen LogP contribution is 2.24. The predicted octanol–water partition coefficient (Wildman–Crippen LogP) is 4.94. The van der Waals surface area contributed by atoms with E-state index in [1.165, 1.54) is 14.6 Å². The fraction of sp³-hybridized carbons (Fsp3) is 0.267. The Balaban J connectivity index is 2.22. The van der Waals surface area contributed by atoms with Crippen molar-refractivity contribution >= 4 is 34.5 Å². The van der Waals surface area contributed by atoms with Gasteiger partial charge in [0.25, 0.3) is 0 Å². The second kappa shape index (κ2) is 5.21. The van der Waals surface area contributed by atoms with Gasteiger partial charge in [-0.05, 0) is 57.5 Å². The number of ketones is 1. The van der Waals surface area contributed by atoms with Crippen LogP contribution in [0.1, 0.15) is 35.4 Å². The molecule has 0 aliphatic heterocycles. The molecule has 0 radical (unpaired) electrons. The SMILES string of the molecule is Cc1cc(/C=C/C(=O)c2cc(C)sc2C)c(C)s1. The first kappa shape index (κ1) is 13.2. The van der Waals surface area contributed by atoms with Gasteiger partial charge >= 0.3 is 0 Å². The number of carbonyl (C=O) groups excluding carboxylic acids is 1. The molecule has 2 heterocycles. The Morgan fingerprint density at radius 2 is 1.61 bits per heavy atom. The van der Waals surface area contributed by atoms with Gasteiger partial charge in [0.1, 0.15) is 0 Å². The molecule has 0 bridgehead atoms. The maximum atomic E-state index is 12.1. The van der Waals surface area contributed by atoms with E-state index in [0.717, 1.165) is 16.0 Å². The van der Waals surface area contributed by atoms with Gasteiger partial charge in [0.15, 0.2) is 5.78 Å². The molecule has 3 heteroatoms. The van der Waals surface area contributed by atoms with Crippen LogP contribution in [0.3, 0.4) is 0 Å². The lowest BCUT2D eigenvalue weighted by atomic mass is 10.1. The molecule has 0 unspecified atom stereocenters. The third-order valence-electron chi connectivity index (χ3n) is 2.80. The number of rotatable bonds is 3. The molecule has 0 N–H and O–H groups in total. The minimum absolute atomic E-state index is 0.0973. The summed E-state index contributed by atoms with van der Waals surface area (Å²) in [6.07, 6.45) is 3.61. The molecule has 0 aliphatic rings. The van der Waals surface area contributed by atoms with E-state index in [1.54, 1.807) is 28.7 Å². The Hall–Kier alpha value is -1.19. The van der Waals surface area contributed by atoms with Crippen molar-refractivity contribution < 1.29 is 4.79 Å². The summed E-state index contributed by atoms with van der Waals surface area (Å²) in [5.74, 6) is 0.0973. The topological polar surface area (TPSA) is 17.1 Å². The third-order valence-corrected chi connectivity index (χ3v) is 4.75. The molecule has 0 aliphatic carbocycles. The summed E-state index contributed by atoms with van der Waals surface area (Å²) in [5.41, 5.74) is 1.98. The van der Waals surface area contributed by atoms with Gasteiger partial charge in [0.05, 0.1) is 0 Å². The van der Waals surface area contributed by atoms with E-state index in [9.17, 15) is 4.79 Å². The smallest absolute Gasteiger partial charge is 0.186 e. The summed E-state index contributed by atoms with van der Waals surface area (Å²) < 4.78 is 0. The Labute approximate surface area is 116 Å². The van der Waals surface area contributed by atoms with Crippen LogP contribution < -0.4 is 0 Å². The first-order valence-corrected chi connectivity index (χ1v) is 7.47. The predicted molar refractivity (Wildman–Crippen MR) is 81.0 cm³/mol. The Morgan fingerprint density at radius 1 is 1.00 bits per heavy atom. The van der Waals surface area contributed by atoms with Crippen molar-refractivity contribution in [1.82, 2.24) is 0 Å². The normalized spacial score (nSPS) is 11.3. The zero-order chi connectivity index (χ0) is 13.3. The number of hydrogen-bond donors (Lipinski definition) is 0. The first-order valence-electron chi connectivity index (χ1n) is 5.84. The van der Waals surface area contributed by atoms with Crippen LogP contribution >= 0.6 is 22.7 Å². The van der Waals surface area contributed by atoms with Crippen molar-refractivity contribution in [2.24, 2.45) is 0 Å². The van der Waals surface area contributed by atoms with Gasteiger partial charge < -0.3 is 0 Å². The molecule has 0 aromatic carbocycles. The van der Waals surface area contributed by atoms with Gasteiger partial charge in [-0.25, -0.2) is 0 Å². The summed E-state index contributed by atoms with van der Waals surface area (Å²) >= 11 is 3.44. The van der Waals surface area contributed by atoms with E-state index in [0.29, 0.717) is 0 Å². The summed E-state index contributed by atoms with van der Waals surface area (Å²) in [6.45, 7) is 8.20. The van der Waals surface area contributed by atoms with Gasteiger partial charge in [-0.3, -0.25) is 4.79 Å². The van der Waals surface area contributed by atoms with E-state index < -0.39 is 0 Å². The fourth-order valence-electron chi connectivity index (χ4n) is 1.95. The van der Waals surface area contributed by atoms with Crippen molar-refractivity contribution in [1.29, 1.82) is 0 Å². The molecule has 2 aromatic rings. The van der Waals surface area contributed by atoms with E-state index >= 15 is 0 Å². The lowest BCUT2D eigenvalue weighted by Gasteiger charge is -1.93. The van der Waals surface area contributed by atoms with Crippen molar-refractivity contribution in [2.45, 2.75) is 27.7 Å². The number of aryl methyl sites for hydroxylation is 4. The molecule has 0 fully saturated rings. The highest BCUT2D eigenvalue weighted by molar-refractivity contribution is 7.12. The average molecular weight is 276 g/mol. The lowest BCUT2D eigenvalue weighted by molar-refractivity contribution is 0.104. The van der Waals surface area contributed by atoms with Crippen LogP contribution in [0.2, 0.25) is 0 Å². The van der Waals surface area contributed by atoms with Crippen LogP contribution in [-0.4, -0.2) is 5.78 Å². The molecule has 0 atom stereocenters. The minimum Gasteiger partial charge on any atom is -0.289 e. The quantitative estimate of drug-likeness (QED) is 0.573. The molecule has 2 aromatic heterocycles. The highest BCUT2D eigenvalue weighted by Gasteiger charge is 2.09. The third kappa shape index (κ3) is 2.79. The van der Waals surface area contributed by atoms with Crippen molar-refractivity contribution in [3.63, 3.8) is 0 Å². The van der Waals surface area contributed by atoms with E-state index in [-0.39, 0.29) is 5.78 Å². The van der Waals surface area contributed by atoms with Crippen molar-refractivity contribution in [2.75, 3.05) is 0 Å². The molecule has 2 rings (SSSR count). The van der Waals surface area contributed by atoms with Gasteiger partial charge in [-0.1, -0.05) is 0 Å². The van der Waals surface area contributed by atoms with E-state index in [2.05, 4.69) is 19.9 Å². The minimum atomic E-state index is 0.0973. The number of carbonyl (C=O) groups is 1. The molecule has 0 spiro atoms. The van der Waals surface area contributed by atoms with Crippen LogP contribution in [0.4, 0.5) is 0 Å². The zero-order valence-electron chi connectivity index (χ0n) is 11.0. The zero-order valence-corrected chi connectivity index (χ0v) is 12.7. The molecular formula is C15H16OS2. The second-order valence-electron chi connectivity index (χ2n) is 4.39. The van der Waals surface area contributed by atoms with Crippen LogP contribution in [0.15, 0.2) is 18.2 Å². The molecule has 0 amide bonds. The number of hydrogen-bond acceptors (Lipinski definition) is 3. The Bertz CT molecular complexity index is 614. The van der Waals surface area contributed by atoms with Crippen LogP contribution in [0, 0.1) is 27.7 Å². The lowest BCUT2D eigenvalue weighted by Crippen LogP contribution is -1.93. The standard InChI is InChI=1S/C15H16OS2/c1-9-7-13(11(3)17-9)5-6-15(16)14-8-10(2)18-12(14)4/h5-8H,1-4H3/b6-5+. The van der Waals surface area contributed by atoms with Crippen LogP contribution in [0.5, 0.6) is 0 Å². The molecule has 18 heavy (non-hydrogen) atoms. The summed E-state index contributed by atoms with van der Waals surface area (Å²) in [5, 5.41) is 0. The van der Waals surface area contributed by atoms with E-state index in [4.69, 9.17) is 0 Å². The highest BCUT2D eigenvalue weighted by atomic mass is 32.1. The number of allylic oxidation sites excluding steroid dienone is 1. The Morgan fingerprint density at radius 3 is 2.11 bits per heavy atom. The largest absolute Gasteiger partial charge is 0.289 e. The molecule has 0 saturated heterocycles. The molecule has 0 saturated carbocycles. The van der Waals surface area contributed by atoms with Gasteiger partial charge in [-0.15, -0.1) is 22.7 Å². The van der Waals surface area contributed by atoms with Gasteiger partial charge in [0.2, 0.25) is 0 Å². The van der Waals surface area contributed by atoms with Crippen molar-refractivity contribution in [3.8, 4) is 0 Å². The maximum Gasteiger partial charge on any atom is 0.186 e. The van der Waals surface area contributed by atoms with Crippen LogP contribution in [-0.2, 0) is 0 Å².